The number of fused-ring (bicyclic) bond motifs is 1. The summed E-state index contributed by atoms with van der Waals surface area (Å²) >= 11 is 0. The lowest BCUT2D eigenvalue weighted by atomic mass is 10.0. The first-order valence-electron chi connectivity index (χ1n) is 9.65. The lowest BCUT2D eigenvalue weighted by Crippen LogP contribution is -2.42. The van der Waals surface area contributed by atoms with Gasteiger partial charge in [0.25, 0.3) is 5.91 Å². The zero-order valence-corrected chi connectivity index (χ0v) is 16.4. The summed E-state index contributed by atoms with van der Waals surface area (Å²) in [6.07, 6.45) is 1.64. The number of morpholine rings is 1. The normalized spacial score (nSPS) is 15.1. The maximum atomic E-state index is 12.2. The fraction of sp³-hybridized carbons (Fsp3) is 0.429. The Morgan fingerprint density at radius 2 is 1.93 bits per heavy atom. The lowest BCUT2D eigenvalue weighted by molar-refractivity contribution is -0.123. The number of hydrazone groups is 1. The smallest absolute Gasteiger partial charge is 0.254 e. The van der Waals surface area contributed by atoms with Crippen LogP contribution in [0.5, 0.6) is 11.5 Å². The molecule has 0 aromatic heterocycles. The van der Waals surface area contributed by atoms with Crippen molar-refractivity contribution in [1.82, 2.24) is 10.3 Å². The summed E-state index contributed by atoms with van der Waals surface area (Å²) in [5, 5.41) is 6.18. The minimum absolute atomic E-state index is 0.147. The number of nitrogens with one attached hydrogen (secondary N) is 1. The average molecular weight is 385 g/mol. The van der Waals surface area contributed by atoms with Crippen molar-refractivity contribution < 1.29 is 19.0 Å². The van der Waals surface area contributed by atoms with Gasteiger partial charge in [0.05, 0.1) is 39.2 Å². The van der Waals surface area contributed by atoms with Gasteiger partial charge in [-0.25, -0.2) is 5.43 Å². The second-order valence-electron chi connectivity index (χ2n) is 6.41. The standard InChI is InChI=1S/C21H27N3O4/c1-3-27-17-7-5-16-6-8-20(28-4-2)19(18(16)13-17)14-22-23-21(25)15-24-9-11-26-12-10-24/h5-8,13-14H,3-4,9-12,15H2,1-2H3,(H,23,25). The van der Waals surface area contributed by atoms with Crippen LogP contribution < -0.4 is 14.9 Å². The molecule has 28 heavy (non-hydrogen) atoms. The molecule has 1 heterocycles. The van der Waals surface area contributed by atoms with E-state index in [1.807, 2.05) is 49.1 Å². The second-order valence-corrected chi connectivity index (χ2v) is 6.41. The van der Waals surface area contributed by atoms with E-state index in [1.165, 1.54) is 0 Å². The second kappa shape index (κ2) is 10.1. The highest BCUT2D eigenvalue weighted by Gasteiger charge is 2.14. The molecule has 3 rings (SSSR count). The Balaban J connectivity index is 1.78. The largest absolute Gasteiger partial charge is 0.494 e. The SMILES string of the molecule is CCOc1ccc2ccc(OCC)c(C=NNC(=O)CN3CCOCC3)c2c1. The number of hydrogen-bond acceptors (Lipinski definition) is 6. The van der Waals surface area contributed by atoms with Crippen molar-refractivity contribution in [1.29, 1.82) is 0 Å². The molecule has 1 amide bonds. The van der Waals surface area contributed by atoms with Gasteiger partial charge < -0.3 is 14.2 Å². The molecular formula is C21H27N3O4. The molecule has 0 unspecified atom stereocenters. The molecule has 0 bridgehead atoms. The van der Waals surface area contributed by atoms with E-state index in [-0.39, 0.29) is 5.91 Å². The molecule has 1 fully saturated rings. The highest BCUT2D eigenvalue weighted by Crippen LogP contribution is 2.30. The van der Waals surface area contributed by atoms with Crippen LogP contribution in [0, 0.1) is 0 Å². The van der Waals surface area contributed by atoms with Crippen molar-refractivity contribution in [2.24, 2.45) is 5.10 Å². The number of carbonyl (C=O) groups excluding carboxylic acids is 1. The first-order chi connectivity index (χ1) is 13.7. The topological polar surface area (TPSA) is 72.4 Å². The van der Waals surface area contributed by atoms with E-state index in [1.54, 1.807) is 6.21 Å². The van der Waals surface area contributed by atoms with Crippen LogP contribution in [0.3, 0.4) is 0 Å². The number of nitrogens with zero attached hydrogens (tertiary/aromatic N) is 2. The maximum Gasteiger partial charge on any atom is 0.254 e. The Hall–Kier alpha value is -2.64. The highest BCUT2D eigenvalue weighted by molar-refractivity contribution is 6.03. The van der Waals surface area contributed by atoms with Crippen LogP contribution in [0.15, 0.2) is 35.4 Å². The molecule has 0 atom stereocenters. The fourth-order valence-corrected chi connectivity index (χ4v) is 3.14. The summed E-state index contributed by atoms with van der Waals surface area (Å²) in [4.78, 5) is 14.2. The Labute approximate surface area is 165 Å². The van der Waals surface area contributed by atoms with Crippen molar-refractivity contribution in [3.8, 4) is 11.5 Å². The van der Waals surface area contributed by atoms with Gasteiger partial charge in [-0.05, 0) is 42.8 Å². The molecular weight excluding hydrogens is 358 g/mol. The van der Waals surface area contributed by atoms with Crippen molar-refractivity contribution >= 4 is 22.9 Å². The summed E-state index contributed by atoms with van der Waals surface area (Å²) < 4.78 is 16.7. The van der Waals surface area contributed by atoms with Crippen LogP contribution in [0.1, 0.15) is 19.4 Å². The van der Waals surface area contributed by atoms with E-state index < -0.39 is 0 Å². The van der Waals surface area contributed by atoms with E-state index in [4.69, 9.17) is 14.2 Å². The summed E-state index contributed by atoms with van der Waals surface area (Å²) in [6, 6.07) is 9.84. The minimum Gasteiger partial charge on any atom is -0.494 e. The van der Waals surface area contributed by atoms with Crippen LogP contribution in [-0.2, 0) is 9.53 Å². The van der Waals surface area contributed by atoms with Gasteiger partial charge in [0.2, 0.25) is 0 Å². The van der Waals surface area contributed by atoms with Crippen molar-refractivity contribution in [3.63, 3.8) is 0 Å². The predicted molar refractivity (Wildman–Crippen MR) is 109 cm³/mol. The third-order valence-corrected chi connectivity index (χ3v) is 4.46. The number of ether oxygens (including phenoxy) is 3. The average Bonchev–Trinajstić information content (AvgIpc) is 2.70. The van der Waals surface area contributed by atoms with Gasteiger partial charge in [-0.1, -0.05) is 12.1 Å². The summed E-state index contributed by atoms with van der Waals surface area (Å²) in [7, 11) is 0. The Bertz CT molecular complexity index is 827. The number of rotatable bonds is 8. The zero-order valence-electron chi connectivity index (χ0n) is 16.4. The van der Waals surface area contributed by atoms with Gasteiger partial charge in [-0.15, -0.1) is 0 Å². The van der Waals surface area contributed by atoms with E-state index in [2.05, 4.69) is 10.5 Å². The van der Waals surface area contributed by atoms with Gasteiger partial charge >= 0.3 is 0 Å². The summed E-state index contributed by atoms with van der Waals surface area (Å²) in [5.74, 6) is 1.36. The molecule has 0 saturated carbocycles. The third kappa shape index (κ3) is 5.21. The first kappa shape index (κ1) is 20.1. The van der Waals surface area contributed by atoms with E-state index in [9.17, 15) is 4.79 Å². The van der Waals surface area contributed by atoms with Gasteiger partial charge in [-0.3, -0.25) is 9.69 Å². The van der Waals surface area contributed by atoms with Crippen LogP contribution in [0.4, 0.5) is 0 Å². The third-order valence-electron chi connectivity index (χ3n) is 4.46. The van der Waals surface area contributed by atoms with Crippen LogP contribution in [0.25, 0.3) is 10.8 Å². The molecule has 1 N–H and O–H groups in total. The number of amides is 1. The molecule has 2 aromatic carbocycles. The molecule has 0 radical (unpaired) electrons. The number of hydrogen-bond donors (Lipinski definition) is 1. The first-order valence-corrected chi connectivity index (χ1v) is 9.65. The van der Waals surface area contributed by atoms with E-state index in [0.717, 1.165) is 40.9 Å². The summed E-state index contributed by atoms with van der Waals surface area (Å²) in [6.45, 7) is 8.17. The predicted octanol–water partition coefficient (Wildman–Crippen LogP) is 2.42. The fourth-order valence-electron chi connectivity index (χ4n) is 3.14. The molecule has 0 spiro atoms. The Morgan fingerprint density at radius 1 is 1.18 bits per heavy atom. The highest BCUT2D eigenvalue weighted by atomic mass is 16.5. The van der Waals surface area contributed by atoms with Crippen LogP contribution in [0.2, 0.25) is 0 Å². The molecule has 1 aliphatic heterocycles. The monoisotopic (exact) mass is 385 g/mol. The minimum atomic E-state index is -0.147. The van der Waals surface area contributed by atoms with Gasteiger partial charge in [0, 0.05) is 18.7 Å². The van der Waals surface area contributed by atoms with Crippen molar-refractivity contribution in [2.45, 2.75) is 13.8 Å². The van der Waals surface area contributed by atoms with Gasteiger partial charge in [0.15, 0.2) is 0 Å². The number of carbonyl (C=O) groups is 1. The lowest BCUT2D eigenvalue weighted by Gasteiger charge is -2.25. The molecule has 150 valence electrons. The summed E-state index contributed by atoms with van der Waals surface area (Å²) in [5.41, 5.74) is 3.43. The van der Waals surface area contributed by atoms with E-state index in [0.29, 0.717) is 33.0 Å². The zero-order chi connectivity index (χ0) is 19.8. The molecule has 7 heteroatoms. The quantitative estimate of drug-likeness (QED) is 0.558. The molecule has 2 aromatic rings. The van der Waals surface area contributed by atoms with Gasteiger partial charge in [-0.2, -0.15) is 5.10 Å². The Morgan fingerprint density at radius 3 is 2.68 bits per heavy atom. The van der Waals surface area contributed by atoms with Gasteiger partial charge in [0.1, 0.15) is 11.5 Å². The van der Waals surface area contributed by atoms with Crippen molar-refractivity contribution in [3.05, 3.63) is 35.9 Å². The molecule has 7 nitrogen and oxygen atoms in total. The molecule has 1 aliphatic rings. The van der Waals surface area contributed by atoms with Crippen LogP contribution in [-0.4, -0.2) is 63.1 Å². The molecule has 0 aliphatic carbocycles. The maximum absolute atomic E-state index is 12.2. The van der Waals surface area contributed by atoms with Crippen molar-refractivity contribution in [2.75, 3.05) is 46.1 Å². The Kier molecular flexibility index (Phi) is 7.22. The molecule has 1 saturated heterocycles. The number of benzene rings is 2. The van der Waals surface area contributed by atoms with Crippen LogP contribution >= 0.6 is 0 Å². The van der Waals surface area contributed by atoms with E-state index >= 15 is 0 Å².